The summed E-state index contributed by atoms with van der Waals surface area (Å²) < 4.78 is 10.5. The van der Waals surface area contributed by atoms with Crippen molar-refractivity contribution >= 4 is 6.03 Å². The van der Waals surface area contributed by atoms with Crippen molar-refractivity contribution in [3.63, 3.8) is 0 Å². The summed E-state index contributed by atoms with van der Waals surface area (Å²) in [6, 6.07) is 7.16. The number of urea groups is 1. The molecule has 0 aliphatic carbocycles. The first-order valence-corrected chi connectivity index (χ1v) is 5.87. The molecule has 0 aliphatic rings. The number of carbonyl (C=O) groups is 1. The third-order valence-corrected chi connectivity index (χ3v) is 2.47. The number of nitrogens with one attached hydrogen (secondary N) is 1. The smallest absolute Gasteiger partial charge is 0.318 e. The first-order valence-electron chi connectivity index (χ1n) is 5.87. The second-order valence-corrected chi connectivity index (χ2v) is 3.85. The number of carbonyl (C=O) groups excluding carboxylic acids is 1. The van der Waals surface area contributed by atoms with E-state index in [0.717, 1.165) is 11.5 Å². The van der Waals surface area contributed by atoms with E-state index in [1.807, 2.05) is 19.1 Å². The van der Waals surface area contributed by atoms with E-state index in [4.69, 9.17) is 8.83 Å². The number of hydrogen-bond acceptors (Lipinski definition) is 3. The first-order chi connectivity index (χ1) is 8.79. The van der Waals surface area contributed by atoms with Crippen molar-refractivity contribution < 1.29 is 13.6 Å². The fourth-order valence-corrected chi connectivity index (χ4v) is 1.64. The van der Waals surface area contributed by atoms with Crippen LogP contribution in [0.15, 0.2) is 45.6 Å². The molecule has 18 heavy (non-hydrogen) atoms. The van der Waals surface area contributed by atoms with E-state index in [9.17, 15) is 4.79 Å². The summed E-state index contributed by atoms with van der Waals surface area (Å²) in [5, 5.41) is 2.77. The number of amides is 2. The Hall–Kier alpha value is -2.17. The maximum absolute atomic E-state index is 11.9. The summed E-state index contributed by atoms with van der Waals surface area (Å²) in [6.07, 6.45) is 3.19. The van der Waals surface area contributed by atoms with Gasteiger partial charge in [-0.2, -0.15) is 0 Å². The van der Waals surface area contributed by atoms with Crippen LogP contribution in [0.2, 0.25) is 0 Å². The zero-order valence-electron chi connectivity index (χ0n) is 10.3. The highest BCUT2D eigenvalue weighted by Crippen LogP contribution is 2.11. The van der Waals surface area contributed by atoms with Crippen LogP contribution in [-0.2, 0) is 13.1 Å². The van der Waals surface area contributed by atoms with E-state index in [1.165, 1.54) is 0 Å². The van der Waals surface area contributed by atoms with Gasteiger partial charge < -0.3 is 19.1 Å². The Morgan fingerprint density at radius 1 is 1.17 bits per heavy atom. The van der Waals surface area contributed by atoms with Crippen LogP contribution in [0.3, 0.4) is 0 Å². The van der Waals surface area contributed by atoms with Gasteiger partial charge in [0, 0.05) is 6.54 Å². The zero-order valence-corrected chi connectivity index (χ0v) is 10.3. The van der Waals surface area contributed by atoms with Gasteiger partial charge in [0.15, 0.2) is 0 Å². The lowest BCUT2D eigenvalue weighted by Crippen LogP contribution is -2.38. The topological polar surface area (TPSA) is 58.6 Å². The Balaban J connectivity index is 2.04. The summed E-state index contributed by atoms with van der Waals surface area (Å²) in [4.78, 5) is 13.6. The minimum absolute atomic E-state index is 0.134. The Morgan fingerprint density at radius 2 is 1.72 bits per heavy atom. The summed E-state index contributed by atoms with van der Waals surface area (Å²) >= 11 is 0. The second-order valence-electron chi connectivity index (χ2n) is 3.85. The molecule has 2 aromatic rings. The van der Waals surface area contributed by atoms with E-state index in [0.29, 0.717) is 19.6 Å². The van der Waals surface area contributed by atoms with E-state index in [2.05, 4.69) is 5.32 Å². The Morgan fingerprint density at radius 3 is 2.11 bits per heavy atom. The van der Waals surface area contributed by atoms with Gasteiger partial charge in [-0.3, -0.25) is 0 Å². The normalized spacial score (nSPS) is 10.3. The molecule has 0 spiro atoms. The van der Waals surface area contributed by atoms with Crippen LogP contribution in [0, 0.1) is 0 Å². The van der Waals surface area contributed by atoms with Gasteiger partial charge >= 0.3 is 6.03 Å². The third kappa shape index (κ3) is 3.16. The van der Waals surface area contributed by atoms with Gasteiger partial charge in [-0.1, -0.05) is 0 Å². The van der Waals surface area contributed by atoms with Gasteiger partial charge in [0.25, 0.3) is 0 Å². The van der Waals surface area contributed by atoms with E-state index in [1.54, 1.807) is 29.6 Å². The Kier molecular flexibility index (Phi) is 4.06. The standard InChI is InChI=1S/C13H16N2O3/c1-2-14-13(16)15(9-11-5-3-7-17-11)10-12-6-4-8-18-12/h3-8H,2,9-10H2,1H3,(H,14,16). The maximum atomic E-state index is 11.9. The van der Waals surface area contributed by atoms with Gasteiger partial charge in [0.05, 0.1) is 25.6 Å². The number of nitrogens with zero attached hydrogens (tertiary/aromatic N) is 1. The quantitative estimate of drug-likeness (QED) is 0.884. The molecule has 5 heteroatoms. The molecule has 0 unspecified atom stereocenters. The molecule has 0 aliphatic heterocycles. The summed E-state index contributed by atoms with van der Waals surface area (Å²) in [5.74, 6) is 1.49. The average molecular weight is 248 g/mol. The molecule has 0 saturated carbocycles. The number of rotatable bonds is 5. The maximum Gasteiger partial charge on any atom is 0.318 e. The zero-order chi connectivity index (χ0) is 12.8. The Labute approximate surface area is 105 Å². The van der Waals surface area contributed by atoms with E-state index < -0.39 is 0 Å². The monoisotopic (exact) mass is 248 g/mol. The molecule has 5 nitrogen and oxygen atoms in total. The summed E-state index contributed by atoms with van der Waals surface area (Å²) in [7, 11) is 0. The molecule has 2 rings (SSSR count). The predicted octanol–water partition coefficient (Wildman–Crippen LogP) is 2.60. The molecule has 2 amide bonds. The SMILES string of the molecule is CCNC(=O)N(Cc1ccco1)Cc1ccco1. The molecule has 0 fully saturated rings. The highest BCUT2D eigenvalue weighted by molar-refractivity contribution is 5.73. The van der Waals surface area contributed by atoms with Crippen molar-refractivity contribution in [3.05, 3.63) is 48.3 Å². The number of furan rings is 2. The average Bonchev–Trinajstić information content (AvgIpc) is 3.01. The van der Waals surface area contributed by atoms with Crippen molar-refractivity contribution in [2.24, 2.45) is 0 Å². The molecule has 0 radical (unpaired) electrons. The van der Waals surface area contributed by atoms with Gasteiger partial charge in [-0.15, -0.1) is 0 Å². The molecule has 0 bridgehead atoms. The predicted molar refractivity (Wildman–Crippen MR) is 65.7 cm³/mol. The molecule has 1 N–H and O–H groups in total. The van der Waals surface area contributed by atoms with Crippen molar-refractivity contribution in [2.45, 2.75) is 20.0 Å². The van der Waals surface area contributed by atoms with Gasteiger partial charge in [0.1, 0.15) is 11.5 Å². The lowest BCUT2D eigenvalue weighted by atomic mass is 10.3. The molecular weight excluding hydrogens is 232 g/mol. The molecule has 96 valence electrons. The van der Waals surface area contributed by atoms with Gasteiger partial charge in [-0.25, -0.2) is 4.79 Å². The summed E-state index contributed by atoms with van der Waals surface area (Å²) in [6.45, 7) is 3.31. The lowest BCUT2D eigenvalue weighted by molar-refractivity contribution is 0.182. The van der Waals surface area contributed by atoms with E-state index in [-0.39, 0.29) is 6.03 Å². The molecule has 2 aromatic heterocycles. The van der Waals surface area contributed by atoms with Crippen LogP contribution < -0.4 is 5.32 Å². The van der Waals surface area contributed by atoms with Crippen LogP contribution in [-0.4, -0.2) is 17.5 Å². The first kappa shape index (κ1) is 12.3. The fraction of sp³-hybridized carbons (Fsp3) is 0.308. The second kappa shape index (κ2) is 5.95. The van der Waals surface area contributed by atoms with Crippen LogP contribution >= 0.6 is 0 Å². The minimum atomic E-state index is -0.134. The van der Waals surface area contributed by atoms with Gasteiger partial charge in [0.2, 0.25) is 0 Å². The van der Waals surface area contributed by atoms with Crippen LogP contribution in [0.4, 0.5) is 4.79 Å². The molecule has 2 heterocycles. The molecule has 0 aromatic carbocycles. The molecule has 0 saturated heterocycles. The van der Waals surface area contributed by atoms with Crippen molar-refractivity contribution in [3.8, 4) is 0 Å². The Bertz CT molecular complexity index is 426. The highest BCUT2D eigenvalue weighted by Gasteiger charge is 2.16. The van der Waals surface area contributed by atoms with E-state index >= 15 is 0 Å². The molecular formula is C13H16N2O3. The van der Waals surface area contributed by atoms with Crippen LogP contribution in [0.5, 0.6) is 0 Å². The largest absolute Gasteiger partial charge is 0.467 e. The lowest BCUT2D eigenvalue weighted by Gasteiger charge is -2.20. The van der Waals surface area contributed by atoms with Crippen LogP contribution in [0.25, 0.3) is 0 Å². The van der Waals surface area contributed by atoms with Crippen molar-refractivity contribution in [1.82, 2.24) is 10.2 Å². The van der Waals surface area contributed by atoms with Crippen molar-refractivity contribution in [1.29, 1.82) is 0 Å². The molecule has 0 atom stereocenters. The highest BCUT2D eigenvalue weighted by atomic mass is 16.3. The number of hydrogen-bond donors (Lipinski definition) is 1. The fourth-order valence-electron chi connectivity index (χ4n) is 1.64. The summed E-state index contributed by atoms with van der Waals surface area (Å²) in [5.41, 5.74) is 0. The van der Waals surface area contributed by atoms with Crippen LogP contribution in [0.1, 0.15) is 18.4 Å². The van der Waals surface area contributed by atoms with Crippen molar-refractivity contribution in [2.75, 3.05) is 6.54 Å². The minimum Gasteiger partial charge on any atom is -0.467 e. The third-order valence-electron chi connectivity index (χ3n) is 2.47. The van der Waals surface area contributed by atoms with Gasteiger partial charge in [-0.05, 0) is 31.2 Å².